The smallest absolute Gasteiger partial charge is 0.157 e. The fourth-order valence-corrected chi connectivity index (χ4v) is 1.96. The molecule has 2 rings (SSSR count). The maximum Gasteiger partial charge on any atom is 0.157 e. The van der Waals surface area contributed by atoms with E-state index in [1.165, 1.54) is 25.0 Å². The van der Waals surface area contributed by atoms with Crippen LogP contribution in [0.2, 0.25) is 0 Å². The molecule has 0 bridgehead atoms. The summed E-state index contributed by atoms with van der Waals surface area (Å²) in [5.41, 5.74) is 3.74. The second kappa shape index (κ2) is 5.35. The fourth-order valence-electron chi connectivity index (χ4n) is 1.96. The highest BCUT2D eigenvalue weighted by Crippen LogP contribution is 2.27. The average molecular weight is 238 g/mol. The van der Waals surface area contributed by atoms with E-state index < -0.39 is 6.10 Å². The predicted octanol–water partition coefficient (Wildman–Crippen LogP) is 0.732. The molecule has 1 atom stereocenters. The Labute approximate surface area is 100 Å². The molecule has 1 aliphatic rings. The van der Waals surface area contributed by atoms with Crippen molar-refractivity contribution in [3.8, 4) is 11.5 Å². The van der Waals surface area contributed by atoms with Gasteiger partial charge in [0.05, 0.1) is 6.10 Å². The van der Waals surface area contributed by atoms with Crippen molar-refractivity contribution >= 4 is 0 Å². The molecule has 94 valence electrons. The molecule has 0 spiro atoms. The second-order valence-electron chi connectivity index (χ2n) is 4.32. The van der Waals surface area contributed by atoms with E-state index in [1.807, 2.05) is 0 Å². The topological polar surface area (TPSA) is 76.0 Å². The Balaban J connectivity index is 1.89. The third-order valence-electron chi connectivity index (χ3n) is 3.00. The Morgan fingerprint density at radius 3 is 2.53 bits per heavy atom. The highest BCUT2D eigenvalue weighted by atomic mass is 16.3. The van der Waals surface area contributed by atoms with E-state index in [0.717, 1.165) is 13.1 Å². The van der Waals surface area contributed by atoms with Crippen LogP contribution in [-0.2, 0) is 0 Å². The molecule has 0 aromatic heterocycles. The quantitative estimate of drug-likeness (QED) is 0.582. The van der Waals surface area contributed by atoms with Crippen molar-refractivity contribution < 1.29 is 15.3 Å². The van der Waals surface area contributed by atoms with Gasteiger partial charge < -0.3 is 15.3 Å². The molecule has 1 aromatic carbocycles. The highest BCUT2D eigenvalue weighted by Gasteiger charge is 2.14. The minimum absolute atomic E-state index is 0.173. The van der Waals surface area contributed by atoms with Crippen molar-refractivity contribution in [3.05, 3.63) is 23.8 Å². The van der Waals surface area contributed by atoms with Crippen molar-refractivity contribution in [3.63, 3.8) is 0 Å². The lowest BCUT2D eigenvalue weighted by atomic mass is 10.1. The van der Waals surface area contributed by atoms with Crippen LogP contribution >= 0.6 is 0 Å². The molecule has 0 aliphatic carbocycles. The summed E-state index contributed by atoms with van der Waals surface area (Å²) in [5, 5.41) is 30.5. The minimum Gasteiger partial charge on any atom is -0.504 e. The molecule has 1 fully saturated rings. The molecular weight excluding hydrogens is 220 g/mol. The van der Waals surface area contributed by atoms with Gasteiger partial charge in [0.1, 0.15) is 0 Å². The number of hydrogen-bond acceptors (Lipinski definition) is 5. The van der Waals surface area contributed by atoms with Gasteiger partial charge >= 0.3 is 0 Å². The number of aliphatic hydroxyl groups is 1. The number of phenols is 2. The number of nitrogens with one attached hydrogen (secondary N) is 1. The first-order valence-electron chi connectivity index (χ1n) is 5.85. The zero-order valence-electron chi connectivity index (χ0n) is 9.63. The normalized spacial score (nSPS) is 18.4. The molecule has 0 radical (unpaired) electrons. The monoisotopic (exact) mass is 238 g/mol. The van der Waals surface area contributed by atoms with Gasteiger partial charge in [-0.3, -0.25) is 5.43 Å². The molecule has 1 aliphatic heterocycles. The van der Waals surface area contributed by atoms with Crippen LogP contribution in [0.4, 0.5) is 0 Å². The number of nitrogens with zero attached hydrogens (tertiary/aromatic N) is 1. The molecular formula is C12H18N2O3. The van der Waals surface area contributed by atoms with Crippen LogP contribution in [-0.4, -0.2) is 40.0 Å². The average Bonchev–Trinajstić information content (AvgIpc) is 2.82. The number of aromatic hydroxyl groups is 2. The first kappa shape index (κ1) is 12.2. The number of phenolic OH excluding ortho intramolecular Hbond substituents is 2. The Morgan fingerprint density at radius 2 is 1.88 bits per heavy atom. The Morgan fingerprint density at radius 1 is 1.18 bits per heavy atom. The van der Waals surface area contributed by atoms with Gasteiger partial charge in [0, 0.05) is 19.6 Å². The first-order chi connectivity index (χ1) is 8.16. The largest absolute Gasteiger partial charge is 0.504 e. The number of hydrazine groups is 1. The summed E-state index contributed by atoms with van der Waals surface area (Å²) in [4.78, 5) is 0. The maximum atomic E-state index is 9.91. The standard InChI is InChI=1S/C12H18N2O3/c15-10-4-3-9(7-11(10)16)12(17)8-13-14-5-1-2-6-14/h3-4,7,12-13,15-17H,1-2,5-6,8H2/t12-/m0/s1. The van der Waals surface area contributed by atoms with Gasteiger partial charge in [0.25, 0.3) is 0 Å². The molecule has 0 amide bonds. The zero-order chi connectivity index (χ0) is 12.3. The van der Waals surface area contributed by atoms with E-state index >= 15 is 0 Å². The van der Waals surface area contributed by atoms with Gasteiger partial charge in [0.15, 0.2) is 11.5 Å². The second-order valence-corrected chi connectivity index (χ2v) is 4.32. The van der Waals surface area contributed by atoms with Crippen LogP contribution in [0.25, 0.3) is 0 Å². The molecule has 1 saturated heterocycles. The summed E-state index contributed by atoms with van der Waals surface area (Å²) < 4.78 is 0. The van der Waals surface area contributed by atoms with Crippen molar-refractivity contribution in [1.82, 2.24) is 10.4 Å². The van der Waals surface area contributed by atoms with E-state index in [2.05, 4.69) is 10.4 Å². The summed E-state index contributed by atoms with van der Waals surface area (Å²) in [6.45, 7) is 2.42. The molecule has 5 nitrogen and oxygen atoms in total. The third-order valence-corrected chi connectivity index (χ3v) is 3.00. The van der Waals surface area contributed by atoms with E-state index in [4.69, 9.17) is 0 Å². The highest BCUT2D eigenvalue weighted by molar-refractivity contribution is 5.41. The van der Waals surface area contributed by atoms with Crippen molar-refractivity contribution in [2.45, 2.75) is 18.9 Å². The van der Waals surface area contributed by atoms with E-state index in [1.54, 1.807) is 6.07 Å². The molecule has 4 N–H and O–H groups in total. The minimum atomic E-state index is -0.693. The predicted molar refractivity (Wildman–Crippen MR) is 63.5 cm³/mol. The zero-order valence-corrected chi connectivity index (χ0v) is 9.63. The lowest BCUT2D eigenvalue weighted by molar-refractivity contribution is 0.128. The molecule has 0 saturated carbocycles. The lowest BCUT2D eigenvalue weighted by Crippen LogP contribution is -2.38. The van der Waals surface area contributed by atoms with E-state index in [9.17, 15) is 15.3 Å². The van der Waals surface area contributed by atoms with Crippen LogP contribution < -0.4 is 5.43 Å². The Bertz CT molecular complexity index is 378. The van der Waals surface area contributed by atoms with Gasteiger partial charge in [-0.25, -0.2) is 5.01 Å². The van der Waals surface area contributed by atoms with E-state index in [0.29, 0.717) is 12.1 Å². The number of hydrogen-bond donors (Lipinski definition) is 4. The number of rotatable bonds is 4. The Hall–Kier alpha value is -1.30. The van der Waals surface area contributed by atoms with Gasteiger partial charge in [-0.1, -0.05) is 6.07 Å². The SMILES string of the molecule is Oc1ccc([C@@H](O)CNN2CCCC2)cc1O. The van der Waals surface area contributed by atoms with Gasteiger partial charge in [-0.15, -0.1) is 0 Å². The molecule has 0 unspecified atom stereocenters. The molecule has 1 heterocycles. The van der Waals surface area contributed by atoms with Crippen LogP contribution in [0.5, 0.6) is 11.5 Å². The summed E-state index contributed by atoms with van der Waals surface area (Å²) >= 11 is 0. The summed E-state index contributed by atoms with van der Waals surface area (Å²) in [7, 11) is 0. The molecule has 5 heteroatoms. The third kappa shape index (κ3) is 3.09. The van der Waals surface area contributed by atoms with Crippen LogP contribution in [0.3, 0.4) is 0 Å². The number of aliphatic hydroxyl groups excluding tert-OH is 1. The summed E-state index contributed by atoms with van der Waals surface area (Å²) in [6, 6.07) is 4.36. The van der Waals surface area contributed by atoms with Gasteiger partial charge in [-0.05, 0) is 30.5 Å². The van der Waals surface area contributed by atoms with Crippen LogP contribution in [0.1, 0.15) is 24.5 Å². The molecule has 1 aromatic rings. The fraction of sp³-hybridized carbons (Fsp3) is 0.500. The van der Waals surface area contributed by atoms with Crippen molar-refractivity contribution in [2.75, 3.05) is 19.6 Å². The van der Waals surface area contributed by atoms with Crippen molar-refractivity contribution in [2.24, 2.45) is 0 Å². The summed E-state index contributed by atoms with van der Waals surface area (Å²) in [5.74, 6) is -0.379. The van der Waals surface area contributed by atoms with E-state index in [-0.39, 0.29) is 11.5 Å². The van der Waals surface area contributed by atoms with Crippen LogP contribution in [0, 0.1) is 0 Å². The maximum absolute atomic E-state index is 9.91. The molecule has 17 heavy (non-hydrogen) atoms. The van der Waals surface area contributed by atoms with Crippen LogP contribution in [0.15, 0.2) is 18.2 Å². The first-order valence-corrected chi connectivity index (χ1v) is 5.85. The lowest BCUT2D eigenvalue weighted by Gasteiger charge is -2.19. The van der Waals surface area contributed by atoms with Crippen molar-refractivity contribution in [1.29, 1.82) is 0 Å². The van der Waals surface area contributed by atoms with Gasteiger partial charge in [0.2, 0.25) is 0 Å². The number of benzene rings is 1. The summed E-state index contributed by atoms with van der Waals surface area (Å²) in [6.07, 6.45) is 1.67. The Kier molecular flexibility index (Phi) is 3.83. The van der Waals surface area contributed by atoms with Gasteiger partial charge in [-0.2, -0.15) is 0 Å².